The van der Waals surface area contributed by atoms with Crippen molar-refractivity contribution in [1.29, 1.82) is 5.26 Å². The Labute approximate surface area is 94.3 Å². The third kappa shape index (κ3) is 2.85. The highest BCUT2D eigenvalue weighted by molar-refractivity contribution is 6.32. The first-order valence-corrected chi connectivity index (χ1v) is 5.16. The van der Waals surface area contributed by atoms with Gasteiger partial charge in [0.2, 0.25) is 0 Å². The molecule has 1 atom stereocenters. The lowest BCUT2D eigenvalue weighted by atomic mass is 10.1. The van der Waals surface area contributed by atoms with E-state index in [1.807, 2.05) is 13.0 Å². The smallest absolute Gasteiger partial charge is 0.103 e. The highest BCUT2D eigenvalue weighted by Crippen LogP contribution is 2.24. The van der Waals surface area contributed by atoms with Crippen LogP contribution in [-0.4, -0.2) is 17.8 Å². The van der Waals surface area contributed by atoms with Crippen molar-refractivity contribution in [3.05, 3.63) is 28.8 Å². The Balaban J connectivity index is 2.95. The first kappa shape index (κ1) is 11.8. The largest absolute Gasteiger partial charge is 0.394 e. The van der Waals surface area contributed by atoms with Crippen molar-refractivity contribution >= 4 is 17.3 Å². The summed E-state index contributed by atoms with van der Waals surface area (Å²) in [5.41, 5.74) is 1.09. The van der Waals surface area contributed by atoms with E-state index in [1.165, 1.54) is 0 Å². The molecule has 3 nitrogen and oxygen atoms in total. The van der Waals surface area contributed by atoms with Gasteiger partial charge < -0.3 is 10.4 Å². The molecule has 0 saturated heterocycles. The van der Waals surface area contributed by atoms with E-state index >= 15 is 0 Å². The summed E-state index contributed by atoms with van der Waals surface area (Å²) in [6, 6.07) is 7.22. The van der Waals surface area contributed by atoms with Gasteiger partial charge >= 0.3 is 0 Å². The molecule has 0 radical (unpaired) electrons. The zero-order chi connectivity index (χ0) is 11.3. The van der Waals surface area contributed by atoms with Crippen molar-refractivity contribution in [2.75, 3.05) is 11.9 Å². The molecular weight excluding hydrogens is 212 g/mol. The van der Waals surface area contributed by atoms with Crippen LogP contribution in [0.15, 0.2) is 18.2 Å². The average molecular weight is 225 g/mol. The zero-order valence-electron chi connectivity index (χ0n) is 8.50. The molecule has 0 amide bonds. The summed E-state index contributed by atoms with van der Waals surface area (Å²) in [4.78, 5) is 0. The number of nitrogens with one attached hydrogen (secondary N) is 1. The Bertz CT molecular complexity index is 369. The minimum Gasteiger partial charge on any atom is -0.394 e. The molecule has 1 aromatic carbocycles. The number of hydrogen-bond acceptors (Lipinski definition) is 3. The summed E-state index contributed by atoms with van der Waals surface area (Å²) in [6.45, 7) is 2.00. The van der Waals surface area contributed by atoms with Crippen LogP contribution in [0.4, 0.5) is 5.69 Å². The van der Waals surface area contributed by atoms with Crippen LogP contribution in [-0.2, 0) is 0 Å². The van der Waals surface area contributed by atoms with Gasteiger partial charge in [-0.25, -0.2) is 0 Å². The molecule has 0 heterocycles. The summed E-state index contributed by atoms with van der Waals surface area (Å²) in [7, 11) is 0. The van der Waals surface area contributed by atoms with E-state index in [9.17, 15) is 0 Å². The monoisotopic (exact) mass is 224 g/mol. The van der Waals surface area contributed by atoms with E-state index in [1.54, 1.807) is 18.2 Å². The van der Waals surface area contributed by atoms with Crippen LogP contribution in [0.2, 0.25) is 5.02 Å². The average Bonchev–Trinajstić information content (AvgIpc) is 2.26. The van der Waals surface area contributed by atoms with E-state index in [0.717, 1.165) is 6.42 Å². The lowest BCUT2D eigenvalue weighted by Crippen LogP contribution is -2.23. The molecule has 2 N–H and O–H groups in total. The van der Waals surface area contributed by atoms with Gasteiger partial charge in [-0.15, -0.1) is 0 Å². The maximum Gasteiger partial charge on any atom is 0.103 e. The van der Waals surface area contributed by atoms with Gasteiger partial charge in [0.15, 0.2) is 0 Å². The minimum atomic E-state index is -0.0458. The van der Waals surface area contributed by atoms with Crippen molar-refractivity contribution in [3.63, 3.8) is 0 Å². The van der Waals surface area contributed by atoms with Gasteiger partial charge in [0, 0.05) is 6.04 Å². The summed E-state index contributed by atoms with van der Waals surface area (Å²) in [5.74, 6) is 0. The van der Waals surface area contributed by atoms with Gasteiger partial charge in [0.05, 0.1) is 22.9 Å². The highest BCUT2D eigenvalue weighted by Gasteiger charge is 2.09. The van der Waals surface area contributed by atoms with E-state index in [0.29, 0.717) is 16.3 Å². The van der Waals surface area contributed by atoms with Crippen LogP contribution >= 0.6 is 11.6 Å². The Hall–Kier alpha value is -1.24. The molecular formula is C11H13ClN2O. The molecule has 15 heavy (non-hydrogen) atoms. The van der Waals surface area contributed by atoms with Crippen LogP contribution in [0.25, 0.3) is 0 Å². The number of aliphatic hydroxyl groups excluding tert-OH is 1. The molecule has 0 bridgehead atoms. The fourth-order valence-electron chi connectivity index (χ4n) is 1.25. The standard InChI is InChI=1S/C11H13ClN2O/c1-2-8(7-15)14-11-5-3-4-10(12)9(11)6-13/h3-5,8,14-15H,2,7H2,1H3. The molecule has 0 aliphatic heterocycles. The van der Waals surface area contributed by atoms with Crippen LogP contribution < -0.4 is 5.32 Å². The molecule has 0 fully saturated rings. The molecule has 1 unspecified atom stereocenters. The van der Waals surface area contributed by atoms with Gasteiger partial charge in [0.25, 0.3) is 0 Å². The number of hydrogen-bond donors (Lipinski definition) is 2. The summed E-state index contributed by atoms with van der Waals surface area (Å²) < 4.78 is 0. The van der Waals surface area contributed by atoms with E-state index in [2.05, 4.69) is 5.32 Å². The molecule has 80 valence electrons. The maximum atomic E-state index is 9.04. The van der Waals surface area contributed by atoms with Crippen molar-refractivity contribution < 1.29 is 5.11 Å². The SMILES string of the molecule is CCC(CO)Nc1cccc(Cl)c1C#N. The van der Waals surface area contributed by atoms with Gasteiger partial charge in [-0.1, -0.05) is 24.6 Å². The summed E-state index contributed by atoms with van der Waals surface area (Å²) in [5, 5.41) is 21.5. The first-order valence-electron chi connectivity index (χ1n) is 4.79. The van der Waals surface area contributed by atoms with Crippen molar-refractivity contribution in [2.24, 2.45) is 0 Å². The molecule has 1 aromatic rings. The molecule has 0 aliphatic carbocycles. The number of halogens is 1. The Kier molecular flexibility index (Phi) is 4.41. The second-order valence-electron chi connectivity index (χ2n) is 3.21. The molecule has 0 spiro atoms. The minimum absolute atomic E-state index is 0.0356. The predicted molar refractivity (Wildman–Crippen MR) is 61.0 cm³/mol. The van der Waals surface area contributed by atoms with Gasteiger partial charge in [0.1, 0.15) is 6.07 Å². The molecule has 0 saturated carbocycles. The topological polar surface area (TPSA) is 56.0 Å². The van der Waals surface area contributed by atoms with E-state index in [4.69, 9.17) is 22.0 Å². The summed E-state index contributed by atoms with van der Waals surface area (Å²) in [6.07, 6.45) is 0.786. The number of nitriles is 1. The number of aliphatic hydroxyl groups is 1. The van der Waals surface area contributed by atoms with Gasteiger partial charge in [-0.2, -0.15) is 5.26 Å². The number of anilines is 1. The van der Waals surface area contributed by atoms with Crippen LogP contribution in [0, 0.1) is 11.3 Å². The number of benzene rings is 1. The normalized spacial score (nSPS) is 11.9. The lowest BCUT2D eigenvalue weighted by Gasteiger charge is -2.16. The first-order chi connectivity index (χ1) is 7.22. The number of nitrogens with zero attached hydrogens (tertiary/aromatic N) is 1. The van der Waals surface area contributed by atoms with Crippen LogP contribution in [0.3, 0.4) is 0 Å². The van der Waals surface area contributed by atoms with E-state index in [-0.39, 0.29) is 12.6 Å². The quantitative estimate of drug-likeness (QED) is 0.826. The molecule has 0 aliphatic rings. The maximum absolute atomic E-state index is 9.04. The Morgan fingerprint density at radius 3 is 2.87 bits per heavy atom. The second kappa shape index (κ2) is 5.59. The summed E-state index contributed by atoms with van der Waals surface area (Å²) >= 11 is 5.87. The van der Waals surface area contributed by atoms with Crippen molar-refractivity contribution in [1.82, 2.24) is 0 Å². The molecule has 0 aromatic heterocycles. The van der Waals surface area contributed by atoms with Gasteiger partial charge in [-0.05, 0) is 18.6 Å². The third-order valence-electron chi connectivity index (χ3n) is 2.20. The second-order valence-corrected chi connectivity index (χ2v) is 3.61. The van der Waals surface area contributed by atoms with Gasteiger partial charge in [-0.3, -0.25) is 0 Å². The van der Waals surface area contributed by atoms with E-state index < -0.39 is 0 Å². The molecule has 1 rings (SSSR count). The lowest BCUT2D eigenvalue weighted by molar-refractivity contribution is 0.272. The third-order valence-corrected chi connectivity index (χ3v) is 2.51. The van der Waals surface area contributed by atoms with Crippen LogP contribution in [0.5, 0.6) is 0 Å². The fourth-order valence-corrected chi connectivity index (χ4v) is 1.47. The number of rotatable bonds is 4. The molecule has 4 heteroatoms. The Morgan fingerprint density at radius 1 is 1.60 bits per heavy atom. The fraction of sp³-hybridized carbons (Fsp3) is 0.364. The highest BCUT2D eigenvalue weighted by atomic mass is 35.5. The Morgan fingerprint density at radius 2 is 2.33 bits per heavy atom. The zero-order valence-corrected chi connectivity index (χ0v) is 9.25. The van der Waals surface area contributed by atoms with Crippen molar-refractivity contribution in [3.8, 4) is 6.07 Å². The predicted octanol–water partition coefficient (Wildman–Crippen LogP) is 2.39. The van der Waals surface area contributed by atoms with Crippen LogP contribution in [0.1, 0.15) is 18.9 Å². The van der Waals surface area contributed by atoms with Crippen molar-refractivity contribution in [2.45, 2.75) is 19.4 Å².